The molecule has 1 rings (SSSR count). The second-order valence-corrected chi connectivity index (χ2v) is 6.06. The number of unbranched alkanes of at least 4 members (excludes halogenated alkanes) is 5. The van der Waals surface area contributed by atoms with E-state index >= 15 is 0 Å². The SMILES string of the molecule is CCCCCCCC[C@@H]1OCC(C)(C)[C@@H](C)O1. The van der Waals surface area contributed by atoms with Crippen molar-refractivity contribution in [3.8, 4) is 0 Å². The molecule has 0 aromatic carbocycles. The van der Waals surface area contributed by atoms with Crippen molar-refractivity contribution in [2.45, 2.75) is 85.0 Å². The van der Waals surface area contributed by atoms with Crippen LogP contribution in [0.15, 0.2) is 0 Å². The van der Waals surface area contributed by atoms with Gasteiger partial charge >= 0.3 is 0 Å². The van der Waals surface area contributed by atoms with Gasteiger partial charge < -0.3 is 9.47 Å². The highest BCUT2D eigenvalue weighted by Gasteiger charge is 2.34. The molecule has 2 nitrogen and oxygen atoms in total. The van der Waals surface area contributed by atoms with Crippen LogP contribution in [0.25, 0.3) is 0 Å². The van der Waals surface area contributed by atoms with Crippen LogP contribution in [0.4, 0.5) is 0 Å². The number of ether oxygens (including phenoxy) is 2. The maximum absolute atomic E-state index is 5.91. The summed E-state index contributed by atoms with van der Waals surface area (Å²) in [5, 5.41) is 0. The van der Waals surface area contributed by atoms with Gasteiger partial charge in [-0.3, -0.25) is 0 Å². The number of hydrogen-bond donors (Lipinski definition) is 0. The van der Waals surface area contributed by atoms with Gasteiger partial charge in [0.15, 0.2) is 6.29 Å². The summed E-state index contributed by atoms with van der Waals surface area (Å²) in [4.78, 5) is 0. The third-order valence-electron chi connectivity index (χ3n) is 3.89. The molecule has 1 saturated heterocycles. The van der Waals surface area contributed by atoms with Gasteiger partial charge in [-0.05, 0) is 19.8 Å². The fourth-order valence-corrected chi connectivity index (χ4v) is 2.12. The van der Waals surface area contributed by atoms with Crippen LogP contribution in [0, 0.1) is 5.41 Å². The molecule has 1 heterocycles. The van der Waals surface area contributed by atoms with Crippen LogP contribution >= 0.6 is 0 Å². The summed E-state index contributed by atoms with van der Waals surface area (Å²) in [6, 6.07) is 0. The van der Waals surface area contributed by atoms with Crippen LogP contribution in [0.5, 0.6) is 0 Å². The lowest BCUT2D eigenvalue weighted by atomic mass is 9.87. The molecule has 1 fully saturated rings. The summed E-state index contributed by atoms with van der Waals surface area (Å²) in [6.07, 6.45) is 9.41. The van der Waals surface area contributed by atoms with E-state index in [0.29, 0.717) is 6.10 Å². The Hall–Kier alpha value is -0.0800. The Morgan fingerprint density at radius 3 is 2.35 bits per heavy atom. The number of rotatable bonds is 7. The first-order valence-electron chi connectivity index (χ1n) is 7.33. The summed E-state index contributed by atoms with van der Waals surface area (Å²) >= 11 is 0. The Kier molecular flexibility index (Phi) is 6.50. The topological polar surface area (TPSA) is 18.5 Å². The Bertz CT molecular complexity index is 201. The molecular formula is C15H30O2. The zero-order valence-corrected chi connectivity index (χ0v) is 12.1. The van der Waals surface area contributed by atoms with E-state index in [1.165, 1.54) is 38.5 Å². The van der Waals surface area contributed by atoms with Crippen LogP contribution in [0.3, 0.4) is 0 Å². The summed E-state index contributed by atoms with van der Waals surface area (Å²) < 4.78 is 11.7. The second kappa shape index (κ2) is 7.38. The average Bonchev–Trinajstić information content (AvgIpc) is 2.28. The van der Waals surface area contributed by atoms with Crippen molar-refractivity contribution < 1.29 is 9.47 Å². The molecule has 0 bridgehead atoms. The minimum Gasteiger partial charge on any atom is -0.352 e. The van der Waals surface area contributed by atoms with E-state index in [2.05, 4.69) is 27.7 Å². The van der Waals surface area contributed by atoms with E-state index in [4.69, 9.17) is 9.47 Å². The maximum Gasteiger partial charge on any atom is 0.157 e. The molecule has 0 aliphatic carbocycles. The first kappa shape index (κ1) is 15.0. The van der Waals surface area contributed by atoms with Gasteiger partial charge in [0.25, 0.3) is 0 Å². The Labute approximate surface area is 107 Å². The molecule has 2 heteroatoms. The molecule has 0 amide bonds. The van der Waals surface area contributed by atoms with Gasteiger partial charge in [-0.15, -0.1) is 0 Å². The Morgan fingerprint density at radius 2 is 1.71 bits per heavy atom. The van der Waals surface area contributed by atoms with Crippen molar-refractivity contribution in [2.24, 2.45) is 5.41 Å². The molecule has 2 atom stereocenters. The highest BCUT2D eigenvalue weighted by molar-refractivity contribution is 4.79. The van der Waals surface area contributed by atoms with Crippen molar-refractivity contribution in [3.05, 3.63) is 0 Å². The Morgan fingerprint density at radius 1 is 1.06 bits per heavy atom. The van der Waals surface area contributed by atoms with Crippen molar-refractivity contribution in [3.63, 3.8) is 0 Å². The predicted molar refractivity (Wildman–Crippen MR) is 72.1 cm³/mol. The number of hydrogen-bond acceptors (Lipinski definition) is 2. The van der Waals surface area contributed by atoms with Crippen molar-refractivity contribution in [2.75, 3.05) is 6.61 Å². The molecule has 1 aliphatic heterocycles. The van der Waals surface area contributed by atoms with Crippen LogP contribution < -0.4 is 0 Å². The molecule has 17 heavy (non-hydrogen) atoms. The van der Waals surface area contributed by atoms with Gasteiger partial charge in [0, 0.05) is 5.41 Å². The highest BCUT2D eigenvalue weighted by atomic mass is 16.7. The van der Waals surface area contributed by atoms with E-state index in [1.807, 2.05) is 0 Å². The minimum atomic E-state index is 0.0456. The van der Waals surface area contributed by atoms with Crippen LogP contribution in [-0.2, 0) is 9.47 Å². The van der Waals surface area contributed by atoms with E-state index in [-0.39, 0.29) is 11.7 Å². The zero-order valence-electron chi connectivity index (χ0n) is 12.1. The molecule has 0 aromatic heterocycles. The fraction of sp³-hybridized carbons (Fsp3) is 1.00. The van der Waals surface area contributed by atoms with Crippen molar-refractivity contribution >= 4 is 0 Å². The summed E-state index contributed by atoms with van der Waals surface area (Å²) in [5.41, 5.74) is 0.164. The van der Waals surface area contributed by atoms with Gasteiger partial charge in [0.1, 0.15) is 0 Å². The van der Waals surface area contributed by atoms with Crippen molar-refractivity contribution in [1.29, 1.82) is 0 Å². The van der Waals surface area contributed by atoms with Gasteiger partial charge in [-0.2, -0.15) is 0 Å². The zero-order chi connectivity index (χ0) is 12.7. The summed E-state index contributed by atoms with van der Waals surface area (Å²) in [6.45, 7) is 9.66. The first-order valence-corrected chi connectivity index (χ1v) is 7.33. The molecule has 0 N–H and O–H groups in total. The van der Waals surface area contributed by atoms with Crippen LogP contribution in [-0.4, -0.2) is 19.0 Å². The quantitative estimate of drug-likeness (QED) is 0.611. The van der Waals surface area contributed by atoms with Crippen molar-refractivity contribution in [1.82, 2.24) is 0 Å². The standard InChI is InChI=1S/C15H30O2/c1-5-6-7-8-9-10-11-14-16-12-15(3,4)13(2)17-14/h13-14H,5-12H2,1-4H3/t13-,14-/m1/s1. The van der Waals surface area contributed by atoms with E-state index < -0.39 is 0 Å². The largest absolute Gasteiger partial charge is 0.352 e. The molecule has 0 radical (unpaired) electrons. The van der Waals surface area contributed by atoms with E-state index in [0.717, 1.165) is 13.0 Å². The molecular weight excluding hydrogens is 212 g/mol. The normalized spacial score (nSPS) is 28.2. The van der Waals surface area contributed by atoms with Crippen LogP contribution in [0.1, 0.15) is 72.6 Å². The predicted octanol–water partition coefficient (Wildman–Crippen LogP) is 4.52. The van der Waals surface area contributed by atoms with Gasteiger partial charge in [-0.1, -0.05) is 52.9 Å². The third kappa shape index (κ3) is 5.39. The van der Waals surface area contributed by atoms with E-state index in [9.17, 15) is 0 Å². The molecule has 1 aliphatic rings. The molecule has 0 saturated carbocycles. The average molecular weight is 242 g/mol. The molecule has 0 aromatic rings. The summed E-state index contributed by atoms with van der Waals surface area (Å²) in [7, 11) is 0. The lowest BCUT2D eigenvalue weighted by Crippen LogP contribution is -2.44. The van der Waals surface area contributed by atoms with Crippen LogP contribution in [0.2, 0.25) is 0 Å². The van der Waals surface area contributed by atoms with Gasteiger partial charge in [0.2, 0.25) is 0 Å². The smallest absolute Gasteiger partial charge is 0.157 e. The third-order valence-corrected chi connectivity index (χ3v) is 3.89. The lowest BCUT2D eigenvalue weighted by Gasteiger charge is -2.40. The monoisotopic (exact) mass is 242 g/mol. The minimum absolute atomic E-state index is 0.0456. The van der Waals surface area contributed by atoms with Gasteiger partial charge in [0.05, 0.1) is 12.7 Å². The Balaban J connectivity index is 2.05. The molecule has 102 valence electrons. The molecule has 0 spiro atoms. The molecule has 0 unspecified atom stereocenters. The highest BCUT2D eigenvalue weighted by Crippen LogP contribution is 2.31. The second-order valence-electron chi connectivity index (χ2n) is 6.06. The first-order chi connectivity index (χ1) is 8.06. The van der Waals surface area contributed by atoms with E-state index in [1.54, 1.807) is 0 Å². The maximum atomic E-state index is 5.91. The lowest BCUT2D eigenvalue weighted by molar-refractivity contribution is -0.256. The fourth-order valence-electron chi connectivity index (χ4n) is 2.12. The van der Waals surface area contributed by atoms with Gasteiger partial charge in [-0.25, -0.2) is 0 Å². The summed E-state index contributed by atoms with van der Waals surface area (Å²) in [5.74, 6) is 0.